The largest absolute Gasteiger partial charge is 0.381 e. The smallest absolute Gasteiger partial charge is 0.243 e. The molecule has 0 unspecified atom stereocenters. The van der Waals surface area contributed by atoms with Gasteiger partial charge in [-0.15, -0.1) is 5.10 Å². The van der Waals surface area contributed by atoms with Crippen LogP contribution >= 0.6 is 0 Å². The van der Waals surface area contributed by atoms with Crippen LogP contribution in [-0.2, 0) is 11.3 Å². The molecule has 6 nitrogen and oxygen atoms in total. The molecule has 0 radical (unpaired) electrons. The van der Waals surface area contributed by atoms with Crippen molar-refractivity contribution in [1.29, 1.82) is 0 Å². The van der Waals surface area contributed by atoms with Crippen LogP contribution in [0.5, 0.6) is 0 Å². The van der Waals surface area contributed by atoms with E-state index < -0.39 is 0 Å². The van der Waals surface area contributed by atoms with Crippen molar-refractivity contribution >= 4 is 11.7 Å². The van der Waals surface area contributed by atoms with E-state index in [-0.39, 0.29) is 18.5 Å². The van der Waals surface area contributed by atoms with Gasteiger partial charge in [0.2, 0.25) is 5.91 Å². The summed E-state index contributed by atoms with van der Waals surface area (Å²) in [4.78, 5) is 12.8. The molecule has 1 amide bonds. The fourth-order valence-corrected chi connectivity index (χ4v) is 1.28. The maximum absolute atomic E-state index is 11.5. The number of rotatable bonds is 5. The molecule has 3 N–H and O–H groups in total. The van der Waals surface area contributed by atoms with Crippen molar-refractivity contribution in [1.82, 2.24) is 20.3 Å². The second-order valence-corrected chi connectivity index (χ2v) is 3.38. The molecule has 0 spiro atoms. The predicted octanol–water partition coefficient (Wildman–Crippen LogP) is 0.165. The molecule has 15 heavy (non-hydrogen) atoms. The molecule has 0 aliphatic heterocycles. The summed E-state index contributed by atoms with van der Waals surface area (Å²) in [5, 5.41) is 10.6. The third-order valence-electron chi connectivity index (χ3n) is 2.19. The Hall–Kier alpha value is -1.59. The summed E-state index contributed by atoms with van der Waals surface area (Å²) in [5.74, 6) is 0.240. The van der Waals surface area contributed by atoms with E-state index >= 15 is 0 Å². The number of anilines is 1. The average molecular weight is 211 g/mol. The summed E-state index contributed by atoms with van der Waals surface area (Å²) in [5.41, 5.74) is 5.38. The van der Waals surface area contributed by atoms with Crippen LogP contribution in [0.3, 0.4) is 0 Å². The first-order chi connectivity index (χ1) is 7.15. The molecule has 1 rings (SSSR count). The SMILES string of the molecule is CCC(CC)NC(=O)Cn1ncc(N)n1. The zero-order valence-electron chi connectivity index (χ0n) is 9.10. The second-order valence-electron chi connectivity index (χ2n) is 3.38. The first kappa shape index (κ1) is 11.5. The predicted molar refractivity (Wildman–Crippen MR) is 56.9 cm³/mol. The van der Waals surface area contributed by atoms with E-state index in [1.165, 1.54) is 11.0 Å². The van der Waals surface area contributed by atoms with Crippen LogP contribution in [0.15, 0.2) is 6.20 Å². The van der Waals surface area contributed by atoms with Crippen molar-refractivity contribution in [2.45, 2.75) is 39.3 Å². The van der Waals surface area contributed by atoms with Gasteiger partial charge in [-0.05, 0) is 12.8 Å². The lowest BCUT2D eigenvalue weighted by Crippen LogP contribution is -2.36. The highest BCUT2D eigenvalue weighted by molar-refractivity contribution is 5.75. The van der Waals surface area contributed by atoms with Crippen LogP contribution in [0.2, 0.25) is 0 Å². The molecule has 0 aromatic carbocycles. The third-order valence-corrected chi connectivity index (χ3v) is 2.19. The topological polar surface area (TPSA) is 85.8 Å². The number of nitrogen functional groups attached to an aromatic ring is 1. The van der Waals surface area contributed by atoms with E-state index in [4.69, 9.17) is 5.73 Å². The van der Waals surface area contributed by atoms with Crippen molar-refractivity contribution in [2.24, 2.45) is 0 Å². The van der Waals surface area contributed by atoms with E-state index in [0.717, 1.165) is 12.8 Å². The molecule has 0 fully saturated rings. The Morgan fingerprint density at radius 3 is 2.73 bits per heavy atom. The first-order valence-corrected chi connectivity index (χ1v) is 5.10. The van der Waals surface area contributed by atoms with Crippen molar-refractivity contribution in [3.8, 4) is 0 Å². The number of amides is 1. The highest BCUT2D eigenvalue weighted by Crippen LogP contribution is 1.96. The minimum atomic E-state index is -0.0840. The van der Waals surface area contributed by atoms with Crippen molar-refractivity contribution in [3.63, 3.8) is 0 Å². The van der Waals surface area contributed by atoms with Crippen LogP contribution in [-0.4, -0.2) is 26.9 Å². The maximum Gasteiger partial charge on any atom is 0.243 e. The summed E-state index contributed by atoms with van der Waals surface area (Å²) < 4.78 is 0. The molecule has 0 saturated heterocycles. The van der Waals surface area contributed by atoms with Gasteiger partial charge in [0, 0.05) is 6.04 Å². The molecule has 0 bridgehead atoms. The molecule has 1 aromatic heterocycles. The van der Waals surface area contributed by atoms with Gasteiger partial charge in [-0.25, -0.2) is 0 Å². The number of carbonyl (C=O) groups excluding carboxylic acids is 1. The number of carbonyl (C=O) groups is 1. The van der Waals surface area contributed by atoms with Crippen molar-refractivity contribution in [2.75, 3.05) is 5.73 Å². The van der Waals surface area contributed by atoms with Crippen LogP contribution in [0.25, 0.3) is 0 Å². The molecule has 1 aromatic rings. The van der Waals surface area contributed by atoms with E-state index in [1.807, 2.05) is 13.8 Å². The fourth-order valence-electron chi connectivity index (χ4n) is 1.28. The van der Waals surface area contributed by atoms with E-state index in [0.29, 0.717) is 5.82 Å². The number of nitrogens with zero attached hydrogens (tertiary/aromatic N) is 3. The number of aromatic nitrogens is 3. The monoisotopic (exact) mass is 211 g/mol. The van der Waals surface area contributed by atoms with E-state index in [1.54, 1.807) is 0 Å². The van der Waals surface area contributed by atoms with Crippen molar-refractivity contribution in [3.05, 3.63) is 6.20 Å². The third kappa shape index (κ3) is 3.57. The molecule has 0 atom stereocenters. The second kappa shape index (κ2) is 5.33. The van der Waals surface area contributed by atoms with Gasteiger partial charge in [-0.1, -0.05) is 13.8 Å². The van der Waals surface area contributed by atoms with E-state index in [2.05, 4.69) is 15.5 Å². The number of nitrogens with two attached hydrogens (primary N) is 1. The van der Waals surface area contributed by atoms with Gasteiger partial charge < -0.3 is 11.1 Å². The summed E-state index contributed by atoms with van der Waals surface area (Å²) in [7, 11) is 0. The van der Waals surface area contributed by atoms with Gasteiger partial charge in [0.05, 0.1) is 6.20 Å². The van der Waals surface area contributed by atoms with Crippen molar-refractivity contribution < 1.29 is 4.79 Å². The first-order valence-electron chi connectivity index (χ1n) is 5.10. The summed E-state index contributed by atoms with van der Waals surface area (Å²) in [6.07, 6.45) is 3.28. The quantitative estimate of drug-likeness (QED) is 0.726. The van der Waals surface area contributed by atoms with Gasteiger partial charge >= 0.3 is 0 Å². The minimum absolute atomic E-state index is 0.0840. The average Bonchev–Trinajstić information content (AvgIpc) is 2.60. The molecule has 6 heteroatoms. The lowest BCUT2D eigenvalue weighted by atomic mass is 10.2. The van der Waals surface area contributed by atoms with Crippen LogP contribution in [0.1, 0.15) is 26.7 Å². The molecule has 0 aliphatic carbocycles. The van der Waals surface area contributed by atoms with Crippen LogP contribution < -0.4 is 11.1 Å². The van der Waals surface area contributed by atoms with E-state index in [9.17, 15) is 4.79 Å². The lowest BCUT2D eigenvalue weighted by molar-refractivity contribution is -0.122. The fraction of sp³-hybridized carbons (Fsp3) is 0.667. The highest BCUT2D eigenvalue weighted by atomic mass is 16.2. The zero-order chi connectivity index (χ0) is 11.3. The van der Waals surface area contributed by atoms with Crippen LogP contribution in [0, 0.1) is 0 Å². The standard InChI is InChI=1S/C9H17N5O/c1-3-7(4-2)12-9(15)6-14-11-5-8(10)13-14/h5,7H,3-4,6H2,1-2H3,(H2,10,13)(H,12,15). The Labute approximate surface area is 88.8 Å². The van der Waals surface area contributed by atoms with Gasteiger partial charge in [0.1, 0.15) is 6.54 Å². The summed E-state index contributed by atoms with van der Waals surface area (Å²) in [6, 6.07) is 0.227. The maximum atomic E-state index is 11.5. The minimum Gasteiger partial charge on any atom is -0.381 e. The number of nitrogens with one attached hydrogen (secondary N) is 1. The normalized spacial score (nSPS) is 10.6. The molecule has 0 aliphatic rings. The molecule has 84 valence electrons. The molecular formula is C9H17N5O. The lowest BCUT2D eigenvalue weighted by Gasteiger charge is -2.13. The Balaban J connectivity index is 2.42. The van der Waals surface area contributed by atoms with Gasteiger partial charge in [0.25, 0.3) is 0 Å². The van der Waals surface area contributed by atoms with Gasteiger partial charge in [-0.2, -0.15) is 9.90 Å². The Morgan fingerprint density at radius 1 is 1.60 bits per heavy atom. The number of hydrogen-bond acceptors (Lipinski definition) is 4. The Morgan fingerprint density at radius 2 is 2.27 bits per heavy atom. The van der Waals surface area contributed by atoms with Crippen LogP contribution in [0.4, 0.5) is 5.82 Å². The zero-order valence-corrected chi connectivity index (χ0v) is 9.10. The summed E-state index contributed by atoms with van der Waals surface area (Å²) >= 11 is 0. The van der Waals surface area contributed by atoms with Gasteiger partial charge in [0.15, 0.2) is 5.82 Å². The summed E-state index contributed by atoms with van der Waals surface area (Å²) in [6.45, 7) is 4.20. The highest BCUT2D eigenvalue weighted by Gasteiger charge is 2.09. The Kier molecular flexibility index (Phi) is 4.08. The van der Waals surface area contributed by atoms with Gasteiger partial charge in [-0.3, -0.25) is 4.79 Å². The molecule has 0 saturated carbocycles. The number of hydrogen-bond donors (Lipinski definition) is 2. The molecular weight excluding hydrogens is 194 g/mol. The Bertz CT molecular complexity index is 318. The molecule has 1 heterocycles.